The minimum absolute atomic E-state index is 0.118. The molecule has 0 radical (unpaired) electrons. The summed E-state index contributed by atoms with van der Waals surface area (Å²) in [6.07, 6.45) is 15.9. The van der Waals surface area contributed by atoms with Crippen LogP contribution in [0.4, 0.5) is 0 Å². The number of methoxy groups -OCH3 is 1. The summed E-state index contributed by atoms with van der Waals surface area (Å²) in [5, 5.41) is 8.52. The molecule has 1 aliphatic carbocycles. The van der Waals surface area contributed by atoms with Crippen LogP contribution in [0.3, 0.4) is 0 Å². The fourth-order valence-corrected chi connectivity index (χ4v) is 5.71. The number of esters is 1. The Morgan fingerprint density at radius 3 is 2.20 bits per heavy atom. The quantitative estimate of drug-likeness (QED) is 0.0829. The molecule has 1 N–H and O–H groups in total. The van der Waals surface area contributed by atoms with Gasteiger partial charge in [-0.05, 0) is 79.9 Å². The molecule has 0 amide bonds. The lowest BCUT2D eigenvalue weighted by Crippen LogP contribution is -2.37. The van der Waals surface area contributed by atoms with Crippen molar-refractivity contribution in [1.82, 2.24) is 0 Å². The number of aldehydes is 1. The van der Waals surface area contributed by atoms with Crippen LogP contribution in [0.15, 0.2) is 48.6 Å². The van der Waals surface area contributed by atoms with Crippen molar-refractivity contribution < 1.29 is 24.2 Å². The molecule has 5 nitrogen and oxygen atoms in total. The van der Waals surface area contributed by atoms with Gasteiger partial charge >= 0.3 is 5.97 Å². The third-order valence-corrected chi connectivity index (χ3v) is 8.57. The molecule has 0 saturated heterocycles. The van der Waals surface area contributed by atoms with E-state index < -0.39 is 0 Å². The van der Waals surface area contributed by atoms with Crippen molar-refractivity contribution in [2.24, 2.45) is 11.8 Å². The minimum Gasteiger partial charge on any atom is -0.461 e. The summed E-state index contributed by atoms with van der Waals surface area (Å²) in [5.74, 6) is 1.44. The highest BCUT2D eigenvalue weighted by atomic mass is 16.5. The molecule has 1 fully saturated rings. The van der Waals surface area contributed by atoms with E-state index in [1.54, 1.807) is 14.0 Å². The molecule has 5 heteroatoms. The number of ether oxygens (including phenoxy) is 2. The third kappa shape index (κ3) is 13.5. The van der Waals surface area contributed by atoms with Gasteiger partial charge in [-0.25, -0.2) is 4.79 Å². The van der Waals surface area contributed by atoms with E-state index in [1.165, 1.54) is 75.3 Å². The lowest BCUT2D eigenvalue weighted by Gasteiger charge is -2.33. The number of rotatable bonds is 18. The molecule has 1 aromatic carbocycles. The second kappa shape index (κ2) is 20.6. The van der Waals surface area contributed by atoms with Crippen LogP contribution in [0.2, 0.25) is 0 Å². The maximum atomic E-state index is 12.0. The van der Waals surface area contributed by atoms with Crippen LogP contribution in [0.5, 0.6) is 0 Å². The summed E-state index contributed by atoms with van der Waals surface area (Å²) in [6, 6.07) is 9.05. The Labute approximate surface area is 250 Å². The number of carbonyl (C=O) groups excluding carboxylic acids is 2. The Morgan fingerprint density at radius 2 is 1.68 bits per heavy atom. The lowest BCUT2D eigenvalue weighted by atomic mass is 9.75. The van der Waals surface area contributed by atoms with Crippen molar-refractivity contribution in [1.29, 1.82) is 0 Å². The van der Waals surface area contributed by atoms with Crippen molar-refractivity contribution in [3.05, 3.63) is 59.7 Å². The van der Waals surface area contributed by atoms with E-state index in [2.05, 4.69) is 51.3 Å². The van der Waals surface area contributed by atoms with E-state index >= 15 is 0 Å². The van der Waals surface area contributed by atoms with Crippen molar-refractivity contribution >= 4 is 12.3 Å². The first kappa shape index (κ1) is 36.8. The summed E-state index contributed by atoms with van der Waals surface area (Å²) < 4.78 is 11.1. The van der Waals surface area contributed by atoms with Crippen LogP contribution in [0, 0.1) is 11.8 Å². The van der Waals surface area contributed by atoms with Gasteiger partial charge in [-0.2, -0.15) is 0 Å². The molecule has 41 heavy (non-hydrogen) atoms. The van der Waals surface area contributed by atoms with Crippen molar-refractivity contribution in [3.8, 4) is 0 Å². The Kier molecular flexibility index (Phi) is 18.5. The molecule has 0 heterocycles. The molecule has 1 aliphatic rings. The molecule has 0 spiro atoms. The monoisotopic (exact) mass is 570 g/mol. The average Bonchev–Trinajstić information content (AvgIpc) is 2.99. The van der Waals surface area contributed by atoms with Gasteiger partial charge in [0.15, 0.2) is 0 Å². The molecular formula is C36H58O5. The van der Waals surface area contributed by atoms with Crippen molar-refractivity contribution in [2.45, 2.75) is 116 Å². The van der Waals surface area contributed by atoms with E-state index in [0.717, 1.165) is 18.6 Å². The van der Waals surface area contributed by atoms with E-state index in [9.17, 15) is 9.59 Å². The second-order valence-corrected chi connectivity index (χ2v) is 12.2. The summed E-state index contributed by atoms with van der Waals surface area (Å²) in [4.78, 5) is 22.0. The average molecular weight is 571 g/mol. The molecular weight excluding hydrogens is 512 g/mol. The zero-order valence-electron chi connectivity index (χ0n) is 26.7. The smallest absolute Gasteiger partial charge is 0.333 e. The summed E-state index contributed by atoms with van der Waals surface area (Å²) in [6.45, 7) is 16.1. The van der Waals surface area contributed by atoms with Crippen LogP contribution in [0.1, 0.15) is 122 Å². The zero-order chi connectivity index (χ0) is 30.7. The topological polar surface area (TPSA) is 72.8 Å². The van der Waals surface area contributed by atoms with E-state index in [1.807, 2.05) is 6.92 Å². The van der Waals surface area contributed by atoms with Crippen LogP contribution < -0.4 is 0 Å². The van der Waals surface area contributed by atoms with Gasteiger partial charge in [0.05, 0.1) is 12.0 Å². The summed E-state index contributed by atoms with van der Waals surface area (Å²) in [7, 11) is 1.71. The molecule has 0 aliphatic heterocycles. The Morgan fingerprint density at radius 1 is 1.05 bits per heavy atom. The minimum atomic E-state index is -0.335. The molecule has 1 saturated carbocycles. The first-order valence-electron chi connectivity index (χ1n) is 15.8. The van der Waals surface area contributed by atoms with Gasteiger partial charge in [-0.3, -0.25) is 4.79 Å². The first-order valence-corrected chi connectivity index (χ1v) is 15.8. The van der Waals surface area contributed by atoms with Crippen LogP contribution >= 0.6 is 0 Å². The van der Waals surface area contributed by atoms with Gasteiger partial charge in [0.25, 0.3) is 0 Å². The molecule has 2 rings (SSSR count). The number of carbonyl (C=O) groups is 2. The lowest BCUT2D eigenvalue weighted by molar-refractivity contribution is -0.141. The Bertz CT molecular complexity index is 897. The number of aliphatic hydroxyl groups is 1. The highest BCUT2D eigenvalue weighted by molar-refractivity contribution is 5.87. The molecule has 2 atom stereocenters. The fraction of sp³-hybridized carbons (Fsp3) is 0.667. The number of hydrogen-bond donors (Lipinski definition) is 1. The highest BCUT2D eigenvalue weighted by Crippen LogP contribution is 2.39. The van der Waals surface area contributed by atoms with Gasteiger partial charge in [-0.1, -0.05) is 96.7 Å². The maximum Gasteiger partial charge on any atom is 0.333 e. The van der Waals surface area contributed by atoms with Gasteiger partial charge < -0.3 is 14.6 Å². The molecule has 0 aromatic heterocycles. The number of unbranched alkanes of at least 4 members (excludes halogenated alkanes) is 4. The van der Waals surface area contributed by atoms with Crippen LogP contribution in [-0.4, -0.2) is 44.3 Å². The van der Waals surface area contributed by atoms with Gasteiger partial charge in [-0.15, -0.1) is 0 Å². The van der Waals surface area contributed by atoms with E-state index in [4.69, 9.17) is 14.6 Å². The first-order chi connectivity index (χ1) is 19.7. The second-order valence-electron chi connectivity index (χ2n) is 12.2. The van der Waals surface area contributed by atoms with Gasteiger partial charge in [0.1, 0.15) is 12.9 Å². The number of allylic oxidation sites excluding steroid dienone is 1. The number of hydrogen-bond acceptors (Lipinski definition) is 5. The molecule has 232 valence electrons. The van der Waals surface area contributed by atoms with Crippen molar-refractivity contribution in [3.63, 3.8) is 0 Å². The van der Waals surface area contributed by atoms with Crippen molar-refractivity contribution in [2.75, 3.05) is 26.9 Å². The van der Waals surface area contributed by atoms with Crippen LogP contribution in [0.25, 0.3) is 0 Å². The van der Waals surface area contributed by atoms with Crippen LogP contribution in [-0.2, 0) is 24.5 Å². The molecule has 0 bridgehead atoms. The molecule has 2 unspecified atom stereocenters. The predicted octanol–water partition coefficient (Wildman–Crippen LogP) is 8.49. The maximum absolute atomic E-state index is 12.0. The Hall–Kier alpha value is -2.24. The fourth-order valence-electron chi connectivity index (χ4n) is 5.71. The SMILES string of the molecule is C=C(C)C(=O)OCC(CC)(COC)c1ccc(C2CCC(CCCCCCC)CC2)cc1.C=C(C=O)CC(C)CO. The van der Waals surface area contributed by atoms with Gasteiger partial charge in [0.2, 0.25) is 0 Å². The zero-order valence-corrected chi connectivity index (χ0v) is 26.7. The normalized spacial score (nSPS) is 18.8. The third-order valence-electron chi connectivity index (χ3n) is 8.57. The summed E-state index contributed by atoms with van der Waals surface area (Å²) in [5.41, 5.74) is 3.29. The largest absolute Gasteiger partial charge is 0.461 e. The predicted molar refractivity (Wildman–Crippen MR) is 170 cm³/mol. The molecule has 1 aromatic rings. The van der Waals surface area contributed by atoms with E-state index in [-0.39, 0.29) is 23.9 Å². The van der Waals surface area contributed by atoms with Gasteiger partial charge in [0, 0.05) is 19.3 Å². The number of aliphatic hydroxyl groups excluding tert-OH is 1. The number of benzene rings is 1. The standard InChI is InChI=1S/C29H46O3.C7H12O2/c1-6-8-9-10-11-12-24-13-15-25(16-14-24)26-17-19-27(20-18-26)29(7-2,21-31-5)22-32-28(30)23(3)4;1-6(4-8)3-7(2)5-9/h17-20,24-25H,3,6-16,21-22H2,1-2,4-5H3;4,7,9H,1,3,5H2,2H3. The Balaban J connectivity index is 0.000000803. The summed E-state index contributed by atoms with van der Waals surface area (Å²) >= 11 is 0. The van der Waals surface area contributed by atoms with E-state index in [0.29, 0.717) is 36.7 Å². The highest BCUT2D eigenvalue weighted by Gasteiger charge is 2.33.